The van der Waals surface area contributed by atoms with E-state index in [0.29, 0.717) is 41.9 Å². The number of hydrogen-bond donors (Lipinski definition) is 2. The molecule has 4 rings (SSSR count). The fourth-order valence-corrected chi connectivity index (χ4v) is 4.25. The number of carbonyl (C=O) groups excluding carboxylic acids is 2. The third kappa shape index (κ3) is 6.17. The summed E-state index contributed by atoms with van der Waals surface area (Å²) in [4.78, 5) is 27.7. The highest BCUT2D eigenvalue weighted by Crippen LogP contribution is 2.26. The van der Waals surface area contributed by atoms with Gasteiger partial charge in [-0.25, -0.2) is 9.18 Å². The van der Waals surface area contributed by atoms with E-state index in [2.05, 4.69) is 10.6 Å². The van der Waals surface area contributed by atoms with Gasteiger partial charge in [0, 0.05) is 36.5 Å². The summed E-state index contributed by atoms with van der Waals surface area (Å²) in [5.41, 5.74) is 1.04. The Bertz CT molecular complexity index is 1110. The van der Waals surface area contributed by atoms with Gasteiger partial charge in [0.2, 0.25) is 0 Å². The molecule has 35 heavy (non-hydrogen) atoms. The van der Waals surface area contributed by atoms with Crippen molar-refractivity contribution >= 4 is 58.0 Å². The lowest BCUT2D eigenvalue weighted by Crippen LogP contribution is -2.42. The highest BCUT2D eigenvalue weighted by atomic mass is 35.5. The van der Waals surface area contributed by atoms with Gasteiger partial charge in [-0.05, 0) is 54.7 Å². The van der Waals surface area contributed by atoms with Crippen molar-refractivity contribution in [3.05, 3.63) is 53.3 Å². The zero-order chi connectivity index (χ0) is 24.9. The van der Waals surface area contributed by atoms with Crippen molar-refractivity contribution in [1.29, 1.82) is 0 Å². The van der Waals surface area contributed by atoms with E-state index in [4.69, 9.17) is 38.0 Å². The van der Waals surface area contributed by atoms with Crippen LogP contribution in [0.25, 0.3) is 0 Å². The number of carbonyl (C=O) groups is 2. The largest absolute Gasteiger partial charge is 0.425 e. The first kappa shape index (κ1) is 25.1. The number of methoxy groups -OCH3 is 1. The quantitative estimate of drug-likeness (QED) is 0.572. The minimum absolute atomic E-state index is 0.0525. The van der Waals surface area contributed by atoms with E-state index in [1.807, 2.05) is 0 Å². The fourth-order valence-electron chi connectivity index (χ4n) is 3.82. The van der Waals surface area contributed by atoms with Crippen LogP contribution in [0.5, 0.6) is 0 Å². The molecule has 0 aliphatic carbocycles. The van der Waals surface area contributed by atoms with Gasteiger partial charge in [-0.2, -0.15) is 0 Å². The van der Waals surface area contributed by atoms with Crippen LogP contribution >= 0.6 is 23.8 Å². The summed E-state index contributed by atoms with van der Waals surface area (Å²) < 4.78 is 30.8. The Labute approximate surface area is 212 Å². The molecule has 9 nitrogen and oxygen atoms in total. The number of amides is 2. The topological polar surface area (TPSA) is 92.4 Å². The second-order valence-corrected chi connectivity index (χ2v) is 8.75. The summed E-state index contributed by atoms with van der Waals surface area (Å²) in [6.45, 7) is 1.05. The van der Waals surface area contributed by atoms with Gasteiger partial charge in [-0.3, -0.25) is 10.1 Å². The number of likely N-dealkylation sites (tertiary alicyclic amines) is 1. The van der Waals surface area contributed by atoms with E-state index < -0.39 is 18.1 Å². The summed E-state index contributed by atoms with van der Waals surface area (Å²) in [7, 11) is 1.57. The second-order valence-electron chi connectivity index (χ2n) is 7.93. The molecule has 0 unspecified atom stereocenters. The van der Waals surface area contributed by atoms with Gasteiger partial charge < -0.3 is 29.3 Å². The first-order chi connectivity index (χ1) is 16.8. The number of rotatable bonds is 5. The molecule has 186 valence electrons. The molecule has 2 fully saturated rings. The van der Waals surface area contributed by atoms with Crippen LogP contribution in [0, 0.1) is 5.82 Å². The molecule has 2 N–H and O–H groups in total. The Morgan fingerprint density at radius 1 is 1.23 bits per heavy atom. The van der Waals surface area contributed by atoms with Gasteiger partial charge in [0.1, 0.15) is 12.4 Å². The van der Waals surface area contributed by atoms with Crippen LogP contribution in [0.15, 0.2) is 42.5 Å². The number of nitrogens with one attached hydrogen (secondary N) is 2. The van der Waals surface area contributed by atoms with Crippen molar-refractivity contribution in [2.75, 3.05) is 48.9 Å². The molecule has 0 spiro atoms. The Balaban J connectivity index is 1.39. The Hall–Kier alpha value is -2.99. The minimum atomic E-state index is -0.847. The molecule has 2 aromatic rings. The lowest BCUT2D eigenvalue weighted by molar-refractivity contribution is -0.125. The molecule has 12 heteroatoms. The molecule has 2 aliphatic heterocycles. The number of nitrogens with zero attached hydrogens (tertiary/aromatic N) is 2. The standard InChI is InChI=1S/C23H24ClFN4O5S/c1-32-17-11-21(29(12-17)22(35)26-15-4-2-14(24)3-5-15)34-23(31)27-19-7-6-16(10-18(19)25)28-8-9-33-13-20(28)30/h2-7,10,17,21H,8-9,11-13H2,1H3,(H,26,35)(H,27,31)/t17-,21-/m1/s1. The van der Waals surface area contributed by atoms with Crippen molar-refractivity contribution in [3.8, 4) is 0 Å². The molecule has 2 aromatic carbocycles. The molecule has 0 aromatic heterocycles. The first-order valence-electron chi connectivity index (χ1n) is 10.9. The number of thiocarbonyl (C=S) groups is 1. The maximum atomic E-state index is 14.7. The van der Waals surface area contributed by atoms with E-state index in [1.165, 1.54) is 17.0 Å². The SMILES string of the molecule is CO[C@@H]1C[C@@H](OC(=O)Nc2ccc(N3CCOCC3=O)cc2F)N(C(=S)Nc2ccc(Cl)cc2)C1. The van der Waals surface area contributed by atoms with Gasteiger partial charge >= 0.3 is 6.09 Å². The van der Waals surface area contributed by atoms with Crippen molar-refractivity contribution in [2.24, 2.45) is 0 Å². The molecule has 2 aliphatic rings. The number of ether oxygens (including phenoxy) is 3. The third-order valence-electron chi connectivity index (χ3n) is 5.63. The highest BCUT2D eigenvalue weighted by molar-refractivity contribution is 7.80. The van der Waals surface area contributed by atoms with Gasteiger partial charge in [-0.1, -0.05) is 11.6 Å². The Kier molecular flexibility index (Phi) is 8.01. The zero-order valence-corrected chi connectivity index (χ0v) is 20.4. The van der Waals surface area contributed by atoms with E-state index >= 15 is 0 Å². The van der Waals surface area contributed by atoms with Crippen LogP contribution < -0.4 is 15.5 Å². The average Bonchev–Trinajstić information content (AvgIpc) is 3.25. The summed E-state index contributed by atoms with van der Waals surface area (Å²) in [5, 5.41) is 6.44. The van der Waals surface area contributed by atoms with E-state index in [1.54, 1.807) is 42.3 Å². The van der Waals surface area contributed by atoms with Gasteiger partial charge in [-0.15, -0.1) is 0 Å². The van der Waals surface area contributed by atoms with Crippen LogP contribution in [0.4, 0.5) is 26.2 Å². The molecule has 2 atom stereocenters. The summed E-state index contributed by atoms with van der Waals surface area (Å²) in [6, 6.07) is 11.1. The number of halogens is 2. The predicted octanol–water partition coefficient (Wildman–Crippen LogP) is 3.83. The minimum Gasteiger partial charge on any atom is -0.425 e. The molecule has 0 saturated carbocycles. The summed E-state index contributed by atoms with van der Waals surface area (Å²) in [6.07, 6.45) is -1.40. The first-order valence-corrected chi connectivity index (χ1v) is 11.6. The highest BCUT2D eigenvalue weighted by Gasteiger charge is 2.36. The number of hydrogen-bond acceptors (Lipinski definition) is 6. The Morgan fingerprint density at radius 3 is 2.69 bits per heavy atom. The molecule has 2 saturated heterocycles. The lowest BCUT2D eigenvalue weighted by Gasteiger charge is -2.27. The van der Waals surface area contributed by atoms with Crippen LogP contribution in [0.1, 0.15) is 6.42 Å². The maximum Gasteiger partial charge on any atom is 0.413 e. The number of benzene rings is 2. The smallest absolute Gasteiger partial charge is 0.413 e. The maximum absolute atomic E-state index is 14.7. The summed E-state index contributed by atoms with van der Waals surface area (Å²) in [5.74, 6) is -0.954. The van der Waals surface area contributed by atoms with E-state index in [-0.39, 0.29) is 24.3 Å². The van der Waals surface area contributed by atoms with Crippen molar-refractivity contribution in [3.63, 3.8) is 0 Å². The van der Waals surface area contributed by atoms with Crippen LogP contribution in [0.2, 0.25) is 5.02 Å². The molecule has 2 amide bonds. The van der Waals surface area contributed by atoms with Gasteiger partial charge in [0.15, 0.2) is 11.3 Å². The monoisotopic (exact) mass is 522 g/mol. The molecule has 0 bridgehead atoms. The third-order valence-corrected chi connectivity index (χ3v) is 6.22. The summed E-state index contributed by atoms with van der Waals surface area (Å²) >= 11 is 11.4. The van der Waals surface area contributed by atoms with Crippen LogP contribution in [-0.4, -0.2) is 67.8 Å². The van der Waals surface area contributed by atoms with E-state index in [9.17, 15) is 14.0 Å². The zero-order valence-electron chi connectivity index (χ0n) is 18.8. The van der Waals surface area contributed by atoms with Crippen molar-refractivity contribution < 1.29 is 28.2 Å². The molecule has 0 radical (unpaired) electrons. The van der Waals surface area contributed by atoms with Crippen molar-refractivity contribution in [2.45, 2.75) is 18.8 Å². The Morgan fingerprint density at radius 2 is 2.00 bits per heavy atom. The number of anilines is 3. The lowest BCUT2D eigenvalue weighted by atomic mass is 10.2. The number of morpholine rings is 1. The predicted molar refractivity (Wildman–Crippen MR) is 133 cm³/mol. The van der Waals surface area contributed by atoms with Crippen molar-refractivity contribution in [1.82, 2.24) is 4.90 Å². The molecule has 2 heterocycles. The van der Waals surface area contributed by atoms with Gasteiger partial charge in [0.25, 0.3) is 5.91 Å². The fraction of sp³-hybridized carbons (Fsp3) is 0.348. The average molecular weight is 523 g/mol. The van der Waals surface area contributed by atoms with Crippen LogP contribution in [0.3, 0.4) is 0 Å². The van der Waals surface area contributed by atoms with E-state index in [0.717, 1.165) is 5.69 Å². The molecular weight excluding hydrogens is 499 g/mol. The molecular formula is C23H24ClFN4O5S. The van der Waals surface area contributed by atoms with Gasteiger partial charge in [0.05, 0.1) is 24.9 Å². The second kappa shape index (κ2) is 11.2. The normalized spacial score (nSPS) is 20.0. The van der Waals surface area contributed by atoms with Crippen LogP contribution in [-0.2, 0) is 19.0 Å².